The van der Waals surface area contributed by atoms with Crippen molar-refractivity contribution in [2.45, 2.75) is 45.2 Å². The van der Waals surface area contributed by atoms with Gasteiger partial charge in [0.1, 0.15) is 0 Å². The van der Waals surface area contributed by atoms with Crippen LogP contribution < -0.4 is 5.32 Å². The largest absolute Gasteiger partial charge is 0.306 e. The Labute approximate surface area is 141 Å². The SMILES string of the molecule is C=C[C@H](NCc1ccccc1)[C@H](CC)CCCc1ccccc1. The number of benzene rings is 2. The van der Waals surface area contributed by atoms with Gasteiger partial charge in [0.2, 0.25) is 0 Å². The molecule has 0 aliphatic heterocycles. The lowest BCUT2D eigenvalue weighted by Crippen LogP contribution is -2.33. The highest BCUT2D eigenvalue weighted by Crippen LogP contribution is 2.19. The van der Waals surface area contributed by atoms with Crippen LogP contribution in [0.4, 0.5) is 0 Å². The summed E-state index contributed by atoms with van der Waals surface area (Å²) in [6.07, 6.45) is 6.91. The van der Waals surface area contributed by atoms with Crippen LogP contribution in [0.3, 0.4) is 0 Å². The minimum absolute atomic E-state index is 0.385. The van der Waals surface area contributed by atoms with Gasteiger partial charge in [-0.25, -0.2) is 0 Å². The molecule has 2 aromatic carbocycles. The second kappa shape index (κ2) is 10.0. The number of hydrogen-bond donors (Lipinski definition) is 1. The monoisotopic (exact) mass is 307 g/mol. The van der Waals surface area contributed by atoms with E-state index in [0.717, 1.165) is 6.54 Å². The van der Waals surface area contributed by atoms with E-state index in [1.807, 2.05) is 0 Å². The van der Waals surface area contributed by atoms with Crippen molar-refractivity contribution in [1.29, 1.82) is 0 Å². The summed E-state index contributed by atoms with van der Waals surface area (Å²) in [5.74, 6) is 0.653. The zero-order valence-corrected chi connectivity index (χ0v) is 14.2. The van der Waals surface area contributed by atoms with E-state index in [0.29, 0.717) is 12.0 Å². The van der Waals surface area contributed by atoms with Gasteiger partial charge in [-0.05, 0) is 36.3 Å². The van der Waals surface area contributed by atoms with Gasteiger partial charge in [-0.2, -0.15) is 0 Å². The molecule has 1 nitrogen and oxygen atoms in total. The summed E-state index contributed by atoms with van der Waals surface area (Å²) in [6, 6.07) is 21.8. The van der Waals surface area contributed by atoms with Crippen molar-refractivity contribution >= 4 is 0 Å². The van der Waals surface area contributed by atoms with Gasteiger partial charge >= 0.3 is 0 Å². The molecule has 0 spiro atoms. The first kappa shape index (κ1) is 17.5. The summed E-state index contributed by atoms with van der Waals surface area (Å²) < 4.78 is 0. The summed E-state index contributed by atoms with van der Waals surface area (Å²) in [5.41, 5.74) is 2.77. The molecular formula is C22H29N. The van der Waals surface area contributed by atoms with Crippen molar-refractivity contribution in [3.05, 3.63) is 84.4 Å². The van der Waals surface area contributed by atoms with Crippen LogP contribution in [0.2, 0.25) is 0 Å². The summed E-state index contributed by atoms with van der Waals surface area (Å²) in [4.78, 5) is 0. The van der Waals surface area contributed by atoms with Gasteiger partial charge < -0.3 is 5.32 Å². The smallest absolute Gasteiger partial charge is 0.0278 e. The van der Waals surface area contributed by atoms with E-state index < -0.39 is 0 Å². The maximum atomic E-state index is 4.05. The third kappa shape index (κ3) is 6.03. The van der Waals surface area contributed by atoms with Gasteiger partial charge in [-0.15, -0.1) is 6.58 Å². The molecule has 1 heteroatoms. The van der Waals surface area contributed by atoms with Gasteiger partial charge in [0.05, 0.1) is 0 Å². The van der Waals surface area contributed by atoms with Crippen LogP contribution >= 0.6 is 0 Å². The van der Waals surface area contributed by atoms with Gasteiger partial charge in [0.15, 0.2) is 0 Å². The Kier molecular flexibility index (Phi) is 7.62. The van der Waals surface area contributed by atoms with Crippen LogP contribution in [0, 0.1) is 5.92 Å². The molecule has 0 aromatic heterocycles. The van der Waals surface area contributed by atoms with E-state index >= 15 is 0 Å². The number of hydrogen-bond acceptors (Lipinski definition) is 1. The number of nitrogens with one attached hydrogen (secondary N) is 1. The molecule has 2 aromatic rings. The van der Waals surface area contributed by atoms with Crippen LogP contribution in [0.5, 0.6) is 0 Å². The van der Waals surface area contributed by atoms with E-state index in [2.05, 4.69) is 85.6 Å². The summed E-state index contributed by atoms with van der Waals surface area (Å²) in [5, 5.41) is 3.67. The molecule has 0 fully saturated rings. The van der Waals surface area contributed by atoms with E-state index in [1.165, 1.54) is 36.8 Å². The average Bonchev–Trinajstić information content (AvgIpc) is 2.62. The first-order chi connectivity index (χ1) is 11.3. The van der Waals surface area contributed by atoms with Gasteiger partial charge in [0.25, 0.3) is 0 Å². The third-order valence-electron chi connectivity index (χ3n) is 4.55. The second-order valence-corrected chi connectivity index (χ2v) is 6.17. The first-order valence-electron chi connectivity index (χ1n) is 8.77. The molecule has 122 valence electrons. The molecule has 23 heavy (non-hydrogen) atoms. The first-order valence-corrected chi connectivity index (χ1v) is 8.77. The standard InChI is InChI=1S/C22H29N/c1-3-21(17-11-16-19-12-7-5-8-13-19)22(4-2)23-18-20-14-9-6-10-15-20/h4-10,12-15,21-23H,2-3,11,16-18H2,1H3/t21-,22+/m1/s1. The van der Waals surface area contributed by atoms with Crippen LogP contribution in [0.25, 0.3) is 0 Å². The van der Waals surface area contributed by atoms with Crippen molar-refractivity contribution in [3.63, 3.8) is 0 Å². The van der Waals surface area contributed by atoms with Gasteiger partial charge in [-0.1, -0.05) is 80.1 Å². The molecular weight excluding hydrogens is 278 g/mol. The third-order valence-corrected chi connectivity index (χ3v) is 4.55. The number of rotatable bonds is 10. The highest BCUT2D eigenvalue weighted by Gasteiger charge is 2.16. The van der Waals surface area contributed by atoms with E-state index in [1.54, 1.807) is 0 Å². The summed E-state index contributed by atoms with van der Waals surface area (Å²) >= 11 is 0. The molecule has 1 N–H and O–H groups in total. The fraction of sp³-hybridized carbons (Fsp3) is 0.364. The highest BCUT2D eigenvalue weighted by molar-refractivity contribution is 5.15. The fourth-order valence-corrected chi connectivity index (χ4v) is 3.12. The lowest BCUT2D eigenvalue weighted by Gasteiger charge is -2.25. The minimum Gasteiger partial charge on any atom is -0.306 e. The Hall–Kier alpha value is -1.86. The Morgan fingerprint density at radius 2 is 1.57 bits per heavy atom. The summed E-state index contributed by atoms with van der Waals surface area (Å²) in [7, 11) is 0. The maximum absolute atomic E-state index is 4.05. The topological polar surface area (TPSA) is 12.0 Å². The predicted molar refractivity (Wildman–Crippen MR) is 100 cm³/mol. The molecule has 0 aliphatic carbocycles. The van der Waals surface area contributed by atoms with Crippen molar-refractivity contribution < 1.29 is 0 Å². The van der Waals surface area contributed by atoms with Gasteiger partial charge in [0, 0.05) is 12.6 Å². The van der Waals surface area contributed by atoms with Crippen LogP contribution in [0.15, 0.2) is 73.3 Å². The Balaban J connectivity index is 1.80. The van der Waals surface area contributed by atoms with Crippen LogP contribution in [-0.2, 0) is 13.0 Å². The van der Waals surface area contributed by atoms with Crippen LogP contribution in [0.1, 0.15) is 37.3 Å². The Bertz CT molecular complexity index is 547. The zero-order valence-electron chi connectivity index (χ0n) is 14.2. The molecule has 0 bridgehead atoms. The molecule has 0 heterocycles. The molecule has 2 rings (SSSR count). The molecule has 2 atom stereocenters. The van der Waals surface area contributed by atoms with E-state index in [4.69, 9.17) is 0 Å². The fourth-order valence-electron chi connectivity index (χ4n) is 3.12. The maximum Gasteiger partial charge on any atom is 0.0278 e. The van der Waals surface area contributed by atoms with Crippen LogP contribution in [-0.4, -0.2) is 6.04 Å². The van der Waals surface area contributed by atoms with Crippen molar-refractivity contribution in [1.82, 2.24) is 5.32 Å². The number of aryl methyl sites for hydroxylation is 1. The Morgan fingerprint density at radius 3 is 2.13 bits per heavy atom. The second-order valence-electron chi connectivity index (χ2n) is 6.17. The molecule has 0 amide bonds. The molecule has 0 unspecified atom stereocenters. The summed E-state index contributed by atoms with van der Waals surface area (Å²) in [6.45, 7) is 7.24. The van der Waals surface area contributed by atoms with Crippen molar-refractivity contribution in [2.24, 2.45) is 5.92 Å². The van der Waals surface area contributed by atoms with E-state index in [-0.39, 0.29) is 0 Å². The van der Waals surface area contributed by atoms with Gasteiger partial charge in [-0.3, -0.25) is 0 Å². The van der Waals surface area contributed by atoms with E-state index in [9.17, 15) is 0 Å². The molecule has 0 aliphatic rings. The Morgan fingerprint density at radius 1 is 0.957 bits per heavy atom. The minimum atomic E-state index is 0.385. The highest BCUT2D eigenvalue weighted by atomic mass is 14.9. The molecule has 0 saturated heterocycles. The zero-order chi connectivity index (χ0) is 16.3. The predicted octanol–water partition coefficient (Wildman–Crippen LogP) is 5.38. The average molecular weight is 307 g/mol. The normalized spacial score (nSPS) is 13.4. The molecule has 0 saturated carbocycles. The lowest BCUT2D eigenvalue weighted by molar-refractivity contribution is 0.362. The molecule has 0 radical (unpaired) electrons. The quantitative estimate of drug-likeness (QED) is 0.581. The lowest BCUT2D eigenvalue weighted by atomic mass is 9.90. The van der Waals surface area contributed by atoms with Crippen molar-refractivity contribution in [3.8, 4) is 0 Å². The van der Waals surface area contributed by atoms with Crippen molar-refractivity contribution in [2.75, 3.05) is 0 Å².